The smallest absolute Gasteiger partial charge is 0.387 e. The fourth-order valence-corrected chi connectivity index (χ4v) is 1.56. The molecular formula is C11H12F3NO2. The van der Waals surface area contributed by atoms with E-state index in [2.05, 4.69) is 10.1 Å². The molecule has 1 heterocycles. The third-order valence-corrected chi connectivity index (χ3v) is 2.48. The van der Waals surface area contributed by atoms with Crippen LogP contribution in [0.4, 0.5) is 13.2 Å². The van der Waals surface area contributed by atoms with Crippen LogP contribution in [0.1, 0.15) is 6.92 Å². The van der Waals surface area contributed by atoms with E-state index in [0.717, 1.165) is 6.07 Å². The van der Waals surface area contributed by atoms with Gasteiger partial charge in [-0.25, -0.2) is 4.39 Å². The van der Waals surface area contributed by atoms with Gasteiger partial charge in [-0.3, -0.25) is 0 Å². The number of halogens is 3. The van der Waals surface area contributed by atoms with Crippen LogP contribution in [0.25, 0.3) is 0 Å². The van der Waals surface area contributed by atoms with E-state index >= 15 is 0 Å². The summed E-state index contributed by atoms with van der Waals surface area (Å²) in [6, 6.07) is 3.42. The normalized spacial score (nSPS) is 17.7. The van der Waals surface area contributed by atoms with Crippen molar-refractivity contribution >= 4 is 0 Å². The predicted molar refractivity (Wildman–Crippen MR) is 54.9 cm³/mol. The van der Waals surface area contributed by atoms with Gasteiger partial charge in [0.05, 0.1) is 0 Å². The molecular weight excluding hydrogens is 235 g/mol. The molecule has 0 radical (unpaired) electrons. The van der Waals surface area contributed by atoms with Crippen LogP contribution in [0.3, 0.4) is 0 Å². The van der Waals surface area contributed by atoms with Crippen molar-refractivity contribution in [1.29, 1.82) is 0 Å². The highest BCUT2D eigenvalue weighted by Gasteiger charge is 2.34. The zero-order valence-corrected chi connectivity index (χ0v) is 9.17. The largest absolute Gasteiger partial charge is 0.482 e. The van der Waals surface area contributed by atoms with Crippen molar-refractivity contribution < 1.29 is 22.6 Å². The maximum atomic E-state index is 13.5. The van der Waals surface area contributed by atoms with Gasteiger partial charge in [-0.1, -0.05) is 0 Å². The van der Waals surface area contributed by atoms with Gasteiger partial charge >= 0.3 is 6.61 Å². The number of hydrogen-bond donors (Lipinski definition) is 1. The zero-order valence-electron chi connectivity index (χ0n) is 9.17. The van der Waals surface area contributed by atoms with Gasteiger partial charge in [-0.2, -0.15) is 8.78 Å². The minimum atomic E-state index is -2.96. The zero-order chi connectivity index (χ0) is 12.5. The van der Waals surface area contributed by atoms with E-state index in [9.17, 15) is 13.2 Å². The molecule has 2 rings (SSSR count). The third kappa shape index (κ3) is 2.82. The maximum Gasteiger partial charge on any atom is 0.387 e. The highest BCUT2D eigenvalue weighted by Crippen LogP contribution is 2.28. The molecule has 1 fully saturated rings. The highest BCUT2D eigenvalue weighted by molar-refractivity contribution is 5.33. The van der Waals surface area contributed by atoms with E-state index in [-0.39, 0.29) is 11.5 Å². The predicted octanol–water partition coefficient (Wildman–Crippen LogP) is 2.17. The summed E-state index contributed by atoms with van der Waals surface area (Å²) in [5.41, 5.74) is -0.439. The molecule has 6 heteroatoms. The topological polar surface area (TPSA) is 30.5 Å². The maximum absolute atomic E-state index is 13.5. The lowest BCUT2D eigenvalue weighted by Gasteiger charge is -2.39. The second kappa shape index (κ2) is 4.44. The van der Waals surface area contributed by atoms with Crippen LogP contribution in [0, 0.1) is 5.82 Å². The Hall–Kier alpha value is -1.43. The summed E-state index contributed by atoms with van der Waals surface area (Å²) in [6.07, 6.45) is 0. The first kappa shape index (κ1) is 12.0. The Morgan fingerprint density at radius 2 is 2.06 bits per heavy atom. The van der Waals surface area contributed by atoms with Crippen molar-refractivity contribution in [3.05, 3.63) is 24.0 Å². The van der Waals surface area contributed by atoms with Gasteiger partial charge in [-0.15, -0.1) is 0 Å². The molecule has 1 saturated heterocycles. The van der Waals surface area contributed by atoms with Crippen LogP contribution < -0.4 is 14.8 Å². The Bertz CT molecular complexity index is 408. The van der Waals surface area contributed by atoms with Crippen molar-refractivity contribution in [3.8, 4) is 11.5 Å². The van der Waals surface area contributed by atoms with E-state index < -0.39 is 18.0 Å². The molecule has 0 saturated carbocycles. The quantitative estimate of drug-likeness (QED) is 0.884. The monoisotopic (exact) mass is 247 g/mol. The van der Waals surface area contributed by atoms with E-state index in [4.69, 9.17) is 4.74 Å². The number of ether oxygens (including phenoxy) is 2. The number of alkyl halides is 2. The van der Waals surface area contributed by atoms with Crippen molar-refractivity contribution in [3.63, 3.8) is 0 Å². The average molecular weight is 247 g/mol. The Morgan fingerprint density at radius 1 is 1.35 bits per heavy atom. The first-order valence-electron chi connectivity index (χ1n) is 5.13. The Kier molecular flexibility index (Phi) is 3.15. The van der Waals surface area contributed by atoms with E-state index in [0.29, 0.717) is 13.1 Å². The first-order chi connectivity index (χ1) is 7.98. The van der Waals surface area contributed by atoms with Gasteiger partial charge in [0, 0.05) is 19.2 Å². The molecule has 17 heavy (non-hydrogen) atoms. The Balaban J connectivity index is 2.08. The van der Waals surface area contributed by atoms with Gasteiger partial charge in [0.1, 0.15) is 11.4 Å². The van der Waals surface area contributed by atoms with Crippen LogP contribution in [0.2, 0.25) is 0 Å². The van der Waals surface area contributed by atoms with Crippen LogP contribution in [0.5, 0.6) is 11.5 Å². The highest BCUT2D eigenvalue weighted by atomic mass is 19.3. The number of nitrogens with one attached hydrogen (secondary N) is 1. The van der Waals surface area contributed by atoms with Crippen LogP contribution >= 0.6 is 0 Å². The van der Waals surface area contributed by atoms with Gasteiger partial charge in [0.25, 0.3) is 0 Å². The molecule has 0 atom stereocenters. The van der Waals surface area contributed by atoms with Gasteiger partial charge in [0.15, 0.2) is 11.6 Å². The molecule has 1 aromatic carbocycles. The van der Waals surface area contributed by atoms with E-state index in [1.165, 1.54) is 12.1 Å². The molecule has 0 bridgehead atoms. The second-order valence-corrected chi connectivity index (χ2v) is 4.13. The lowest BCUT2D eigenvalue weighted by Crippen LogP contribution is -2.61. The molecule has 1 aliphatic rings. The van der Waals surface area contributed by atoms with Gasteiger partial charge in [0.2, 0.25) is 0 Å². The van der Waals surface area contributed by atoms with Crippen LogP contribution in [-0.2, 0) is 0 Å². The summed E-state index contributed by atoms with van der Waals surface area (Å²) >= 11 is 0. The van der Waals surface area contributed by atoms with Gasteiger partial charge < -0.3 is 14.8 Å². The van der Waals surface area contributed by atoms with Crippen molar-refractivity contribution in [2.24, 2.45) is 0 Å². The Labute approximate surface area is 96.5 Å². The molecule has 1 aromatic rings. The standard InChI is InChI=1S/C11H12F3NO2/c1-11(5-15-6-11)17-9-3-2-7(4-8(9)12)16-10(13)14/h2-4,10,15H,5-6H2,1H3. The van der Waals surface area contributed by atoms with E-state index in [1.54, 1.807) is 0 Å². The molecule has 0 spiro atoms. The van der Waals surface area contributed by atoms with Crippen LogP contribution in [0.15, 0.2) is 18.2 Å². The SMILES string of the molecule is CC1(Oc2ccc(OC(F)F)cc2F)CNC1. The summed E-state index contributed by atoms with van der Waals surface area (Å²) < 4.78 is 46.9. The molecule has 0 aliphatic carbocycles. The summed E-state index contributed by atoms with van der Waals surface area (Å²) in [4.78, 5) is 0. The first-order valence-corrected chi connectivity index (χ1v) is 5.13. The lowest BCUT2D eigenvalue weighted by atomic mass is 10.00. The molecule has 0 aromatic heterocycles. The number of benzene rings is 1. The minimum absolute atomic E-state index is 0.0376. The number of rotatable bonds is 4. The summed E-state index contributed by atoms with van der Waals surface area (Å²) in [5, 5.41) is 3.01. The van der Waals surface area contributed by atoms with Crippen molar-refractivity contribution in [1.82, 2.24) is 5.32 Å². The summed E-state index contributed by atoms with van der Waals surface area (Å²) in [7, 11) is 0. The van der Waals surface area contributed by atoms with Crippen LogP contribution in [-0.4, -0.2) is 25.3 Å². The molecule has 0 unspecified atom stereocenters. The minimum Gasteiger partial charge on any atom is -0.482 e. The van der Waals surface area contributed by atoms with E-state index in [1.807, 2.05) is 6.92 Å². The Morgan fingerprint density at radius 3 is 2.53 bits per heavy atom. The van der Waals surface area contributed by atoms with Crippen molar-refractivity contribution in [2.75, 3.05) is 13.1 Å². The fourth-order valence-electron chi connectivity index (χ4n) is 1.56. The third-order valence-electron chi connectivity index (χ3n) is 2.48. The fraction of sp³-hybridized carbons (Fsp3) is 0.455. The second-order valence-electron chi connectivity index (χ2n) is 4.13. The lowest BCUT2D eigenvalue weighted by molar-refractivity contribution is -0.0501. The molecule has 3 nitrogen and oxygen atoms in total. The molecule has 1 aliphatic heterocycles. The number of hydrogen-bond acceptors (Lipinski definition) is 3. The average Bonchev–Trinajstić information content (AvgIpc) is 2.19. The molecule has 94 valence electrons. The molecule has 0 amide bonds. The van der Waals surface area contributed by atoms with Gasteiger partial charge in [-0.05, 0) is 19.1 Å². The molecule has 1 N–H and O–H groups in total. The summed E-state index contributed by atoms with van der Waals surface area (Å²) in [6.45, 7) is 0.130. The summed E-state index contributed by atoms with van der Waals surface area (Å²) in [5.74, 6) is -0.895. The van der Waals surface area contributed by atoms with Crippen molar-refractivity contribution in [2.45, 2.75) is 19.1 Å².